The molecule has 1 amide bonds. The van der Waals surface area contributed by atoms with Crippen LogP contribution in [0.15, 0.2) is 24.5 Å². The van der Waals surface area contributed by atoms with Crippen molar-refractivity contribution in [3.63, 3.8) is 0 Å². The van der Waals surface area contributed by atoms with Crippen LogP contribution in [0, 0.1) is 0 Å². The predicted octanol–water partition coefficient (Wildman–Crippen LogP) is 2.51. The van der Waals surface area contributed by atoms with Gasteiger partial charge in [0.2, 0.25) is 0 Å². The maximum absolute atomic E-state index is 12.2. The minimum Gasteiger partial charge on any atom is -0.444 e. The van der Waals surface area contributed by atoms with E-state index in [0.717, 1.165) is 18.4 Å². The van der Waals surface area contributed by atoms with Gasteiger partial charge in [0, 0.05) is 24.5 Å². The summed E-state index contributed by atoms with van der Waals surface area (Å²) >= 11 is 0. The van der Waals surface area contributed by atoms with Gasteiger partial charge >= 0.3 is 6.09 Å². The fourth-order valence-corrected chi connectivity index (χ4v) is 2.44. The van der Waals surface area contributed by atoms with Crippen LogP contribution in [0.5, 0.6) is 0 Å². The third kappa shape index (κ3) is 3.48. The third-order valence-corrected chi connectivity index (χ3v) is 3.32. The molecule has 1 N–H and O–H groups in total. The molecule has 0 spiro atoms. The van der Waals surface area contributed by atoms with Gasteiger partial charge in [-0.1, -0.05) is 6.07 Å². The van der Waals surface area contributed by atoms with E-state index in [4.69, 9.17) is 4.74 Å². The van der Waals surface area contributed by atoms with E-state index >= 15 is 0 Å². The van der Waals surface area contributed by atoms with E-state index in [1.165, 1.54) is 0 Å². The van der Waals surface area contributed by atoms with Gasteiger partial charge in [-0.2, -0.15) is 0 Å². The van der Waals surface area contributed by atoms with E-state index in [1.807, 2.05) is 26.8 Å². The van der Waals surface area contributed by atoms with E-state index in [-0.39, 0.29) is 12.1 Å². The van der Waals surface area contributed by atoms with Crippen LogP contribution in [0.4, 0.5) is 4.79 Å². The van der Waals surface area contributed by atoms with Crippen molar-refractivity contribution in [1.29, 1.82) is 0 Å². The number of carbonyl (C=O) groups is 1. The zero-order chi connectivity index (χ0) is 14.8. The van der Waals surface area contributed by atoms with Crippen molar-refractivity contribution in [3.05, 3.63) is 30.1 Å². The Morgan fingerprint density at radius 1 is 1.55 bits per heavy atom. The number of carbonyl (C=O) groups excluding carboxylic acids is 1. The van der Waals surface area contributed by atoms with Crippen molar-refractivity contribution < 1.29 is 14.6 Å². The number of hydrogen-bond donors (Lipinski definition) is 1. The Balaban J connectivity index is 2.09. The van der Waals surface area contributed by atoms with Crippen LogP contribution in [-0.4, -0.2) is 39.3 Å². The average molecular weight is 278 g/mol. The molecule has 5 nitrogen and oxygen atoms in total. The molecule has 5 heteroatoms. The quantitative estimate of drug-likeness (QED) is 0.903. The maximum Gasteiger partial charge on any atom is 0.410 e. The highest BCUT2D eigenvalue weighted by Gasteiger charge is 2.36. The van der Waals surface area contributed by atoms with Gasteiger partial charge in [0.25, 0.3) is 0 Å². The summed E-state index contributed by atoms with van der Waals surface area (Å²) in [5.41, 5.74) is 0.205. The Morgan fingerprint density at radius 2 is 2.30 bits per heavy atom. The highest BCUT2D eigenvalue weighted by Crippen LogP contribution is 2.30. The number of likely N-dealkylation sites (tertiary alicyclic amines) is 1. The Kier molecular flexibility index (Phi) is 4.28. The first-order chi connectivity index (χ1) is 9.38. The monoisotopic (exact) mass is 278 g/mol. The first-order valence-electron chi connectivity index (χ1n) is 6.96. The normalized spacial score (nSPS) is 20.8. The van der Waals surface area contributed by atoms with Crippen LogP contribution in [0.25, 0.3) is 0 Å². The van der Waals surface area contributed by atoms with Crippen molar-refractivity contribution in [3.8, 4) is 0 Å². The molecule has 1 aromatic rings. The molecule has 2 heterocycles. The van der Waals surface area contributed by atoms with Crippen LogP contribution < -0.4 is 0 Å². The van der Waals surface area contributed by atoms with E-state index in [1.54, 1.807) is 23.4 Å². The molecule has 1 aliphatic rings. The average Bonchev–Trinajstić information content (AvgIpc) is 2.86. The number of pyridine rings is 1. The number of ether oxygens (including phenoxy) is 1. The molecule has 0 aliphatic carbocycles. The van der Waals surface area contributed by atoms with Crippen molar-refractivity contribution >= 4 is 6.09 Å². The lowest BCUT2D eigenvalue weighted by Crippen LogP contribution is -2.42. The van der Waals surface area contributed by atoms with Crippen molar-refractivity contribution in [2.24, 2.45) is 0 Å². The first kappa shape index (κ1) is 14.8. The summed E-state index contributed by atoms with van der Waals surface area (Å²) in [6.45, 7) is 6.14. The molecule has 2 unspecified atom stereocenters. The van der Waals surface area contributed by atoms with Crippen molar-refractivity contribution in [2.75, 3.05) is 6.54 Å². The van der Waals surface area contributed by atoms with Crippen LogP contribution in [0.3, 0.4) is 0 Å². The smallest absolute Gasteiger partial charge is 0.410 e. The summed E-state index contributed by atoms with van der Waals surface area (Å²) in [6, 6.07) is 3.36. The molecule has 0 saturated carbocycles. The lowest BCUT2D eigenvalue weighted by molar-refractivity contribution is 0.00485. The standard InChI is InChI=1S/C15H22N2O3/c1-15(2,3)20-14(19)17-9-5-7-12(17)13(18)11-6-4-8-16-10-11/h4,6,8,10,12-13,18H,5,7,9H2,1-3H3. The Bertz CT molecular complexity index is 456. The molecule has 1 aliphatic heterocycles. The molecule has 1 aromatic heterocycles. The minimum absolute atomic E-state index is 0.242. The van der Waals surface area contributed by atoms with Crippen LogP contribution >= 0.6 is 0 Å². The van der Waals surface area contributed by atoms with Gasteiger partial charge in [-0.05, 0) is 39.7 Å². The van der Waals surface area contributed by atoms with Gasteiger partial charge in [0.05, 0.1) is 6.04 Å². The van der Waals surface area contributed by atoms with Crippen LogP contribution in [-0.2, 0) is 4.74 Å². The van der Waals surface area contributed by atoms with Crippen LogP contribution in [0.2, 0.25) is 0 Å². The molecule has 0 radical (unpaired) electrons. The lowest BCUT2D eigenvalue weighted by Gasteiger charge is -2.31. The molecular weight excluding hydrogens is 256 g/mol. The fourth-order valence-electron chi connectivity index (χ4n) is 2.44. The Morgan fingerprint density at radius 3 is 2.90 bits per heavy atom. The van der Waals surface area contributed by atoms with E-state index in [2.05, 4.69) is 4.98 Å². The summed E-state index contributed by atoms with van der Waals surface area (Å²) < 4.78 is 5.40. The minimum atomic E-state index is -0.723. The van der Waals surface area contributed by atoms with Gasteiger partial charge in [0.15, 0.2) is 0 Å². The number of aliphatic hydroxyl groups excluding tert-OH is 1. The van der Waals surface area contributed by atoms with E-state index < -0.39 is 11.7 Å². The number of amides is 1. The van der Waals surface area contributed by atoms with Crippen LogP contribution in [0.1, 0.15) is 45.3 Å². The molecule has 1 saturated heterocycles. The van der Waals surface area contributed by atoms with Gasteiger partial charge in [0.1, 0.15) is 11.7 Å². The second kappa shape index (κ2) is 5.79. The number of nitrogens with zero attached hydrogens (tertiary/aromatic N) is 2. The zero-order valence-corrected chi connectivity index (χ0v) is 12.2. The number of hydrogen-bond acceptors (Lipinski definition) is 4. The van der Waals surface area contributed by atoms with Gasteiger partial charge in [-0.15, -0.1) is 0 Å². The van der Waals surface area contributed by atoms with E-state index in [0.29, 0.717) is 6.54 Å². The molecule has 0 aromatic carbocycles. The molecule has 110 valence electrons. The molecular formula is C15H22N2O3. The van der Waals surface area contributed by atoms with Gasteiger partial charge in [-0.3, -0.25) is 4.98 Å². The fraction of sp³-hybridized carbons (Fsp3) is 0.600. The molecule has 20 heavy (non-hydrogen) atoms. The van der Waals surface area contributed by atoms with E-state index in [9.17, 15) is 9.90 Å². The largest absolute Gasteiger partial charge is 0.444 e. The molecule has 2 rings (SSSR count). The number of rotatable bonds is 2. The highest BCUT2D eigenvalue weighted by atomic mass is 16.6. The second-order valence-electron chi connectivity index (χ2n) is 6.11. The third-order valence-electron chi connectivity index (χ3n) is 3.32. The number of aromatic nitrogens is 1. The topological polar surface area (TPSA) is 62.7 Å². The Hall–Kier alpha value is -1.62. The summed E-state index contributed by atoms with van der Waals surface area (Å²) in [6.07, 6.45) is 3.87. The zero-order valence-electron chi connectivity index (χ0n) is 12.2. The second-order valence-corrected chi connectivity index (χ2v) is 6.11. The molecule has 0 bridgehead atoms. The number of aliphatic hydroxyl groups is 1. The summed E-state index contributed by atoms with van der Waals surface area (Å²) in [4.78, 5) is 17.8. The lowest BCUT2D eigenvalue weighted by atomic mass is 10.0. The summed E-state index contributed by atoms with van der Waals surface area (Å²) in [5.74, 6) is 0. The summed E-state index contributed by atoms with van der Waals surface area (Å²) in [5, 5.41) is 10.4. The van der Waals surface area contributed by atoms with Crippen molar-refractivity contribution in [2.45, 2.75) is 51.4 Å². The molecule has 1 fully saturated rings. The first-order valence-corrected chi connectivity index (χ1v) is 6.96. The Labute approximate surface area is 119 Å². The van der Waals surface area contributed by atoms with Gasteiger partial charge < -0.3 is 14.7 Å². The predicted molar refractivity (Wildman–Crippen MR) is 75.2 cm³/mol. The van der Waals surface area contributed by atoms with Crippen molar-refractivity contribution in [1.82, 2.24) is 9.88 Å². The van der Waals surface area contributed by atoms with Gasteiger partial charge in [-0.25, -0.2) is 4.79 Å². The highest BCUT2D eigenvalue weighted by molar-refractivity contribution is 5.69. The maximum atomic E-state index is 12.2. The molecule has 2 atom stereocenters. The SMILES string of the molecule is CC(C)(C)OC(=O)N1CCCC1C(O)c1cccnc1. The summed E-state index contributed by atoms with van der Waals surface area (Å²) in [7, 11) is 0.